The maximum absolute atomic E-state index is 4.55. The van der Waals surface area contributed by atoms with Crippen molar-refractivity contribution in [3.05, 3.63) is 48.3 Å². The number of fused-ring (bicyclic) bond motifs is 1. The van der Waals surface area contributed by atoms with E-state index in [2.05, 4.69) is 32.0 Å². The first-order chi connectivity index (χ1) is 8.34. The second-order valence-corrected chi connectivity index (χ2v) is 4.03. The summed E-state index contributed by atoms with van der Waals surface area (Å²) in [6.07, 6.45) is 1.92. The number of benzene rings is 1. The van der Waals surface area contributed by atoms with Crippen LogP contribution in [0.25, 0.3) is 11.0 Å². The van der Waals surface area contributed by atoms with E-state index in [4.69, 9.17) is 0 Å². The monoisotopic (exact) mass is 226 g/mol. The topological polar surface area (TPSA) is 45.6 Å². The van der Waals surface area contributed by atoms with E-state index in [0.29, 0.717) is 0 Å². The molecule has 1 aromatic carbocycles. The lowest BCUT2D eigenvalue weighted by Gasteiger charge is -2.04. The minimum atomic E-state index is 0.754. The Balaban J connectivity index is 1.88. The molecule has 0 aliphatic rings. The minimum absolute atomic E-state index is 0.754. The van der Waals surface area contributed by atoms with Crippen LogP contribution in [0.5, 0.6) is 0 Å². The zero-order valence-electron chi connectivity index (χ0n) is 9.64. The van der Waals surface area contributed by atoms with Crippen LogP contribution in [-0.4, -0.2) is 14.5 Å². The van der Waals surface area contributed by atoms with Crippen LogP contribution in [0.2, 0.25) is 0 Å². The summed E-state index contributed by atoms with van der Waals surface area (Å²) in [6.45, 7) is 0.754. The molecule has 0 aliphatic heterocycles. The predicted molar refractivity (Wildman–Crippen MR) is 68.8 cm³/mol. The third kappa shape index (κ3) is 1.78. The lowest BCUT2D eigenvalue weighted by atomic mass is 10.3. The molecule has 4 heteroatoms. The van der Waals surface area contributed by atoms with Gasteiger partial charge >= 0.3 is 0 Å². The summed E-state index contributed by atoms with van der Waals surface area (Å²) in [5.74, 6) is 0.890. The largest absolute Gasteiger partial charge is 0.364 e. The van der Waals surface area contributed by atoms with Crippen molar-refractivity contribution in [2.75, 3.05) is 5.32 Å². The smallest absolute Gasteiger partial charge is 0.203 e. The van der Waals surface area contributed by atoms with E-state index in [-0.39, 0.29) is 0 Å². The molecule has 0 bridgehead atoms. The number of anilines is 1. The lowest BCUT2D eigenvalue weighted by molar-refractivity contribution is 0.920. The summed E-state index contributed by atoms with van der Waals surface area (Å²) in [5, 5.41) is 3.33. The van der Waals surface area contributed by atoms with Gasteiger partial charge in [0.15, 0.2) is 0 Å². The first kappa shape index (κ1) is 9.96. The standard InChI is InChI=1S/C13H14N4/c1-17-12-7-3-2-6-11(12)16-13(17)15-9-10-5-4-8-14-10/h2-8,14H,9H2,1H3,(H,15,16). The molecule has 3 aromatic rings. The van der Waals surface area contributed by atoms with Crippen molar-refractivity contribution in [3.63, 3.8) is 0 Å². The Hall–Kier alpha value is -2.23. The molecule has 0 atom stereocenters. The van der Waals surface area contributed by atoms with Crippen LogP contribution in [0.15, 0.2) is 42.6 Å². The van der Waals surface area contributed by atoms with Gasteiger partial charge in [-0.2, -0.15) is 0 Å². The van der Waals surface area contributed by atoms with Crippen LogP contribution >= 0.6 is 0 Å². The number of nitrogens with one attached hydrogen (secondary N) is 2. The van der Waals surface area contributed by atoms with Gasteiger partial charge in [0.2, 0.25) is 5.95 Å². The zero-order chi connectivity index (χ0) is 11.7. The van der Waals surface area contributed by atoms with Crippen LogP contribution < -0.4 is 5.32 Å². The van der Waals surface area contributed by atoms with Crippen LogP contribution in [0.1, 0.15) is 5.69 Å². The first-order valence-electron chi connectivity index (χ1n) is 5.62. The van der Waals surface area contributed by atoms with Gasteiger partial charge < -0.3 is 14.9 Å². The van der Waals surface area contributed by atoms with Crippen LogP contribution in [0, 0.1) is 0 Å². The third-order valence-electron chi connectivity index (χ3n) is 2.89. The number of hydrogen-bond acceptors (Lipinski definition) is 2. The summed E-state index contributed by atoms with van der Waals surface area (Å²) in [7, 11) is 2.02. The zero-order valence-corrected chi connectivity index (χ0v) is 9.64. The lowest BCUT2D eigenvalue weighted by Crippen LogP contribution is -2.04. The van der Waals surface area contributed by atoms with Gasteiger partial charge in [-0.25, -0.2) is 4.98 Å². The molecule has 86 valence electrons. The first-order valence-corrected chi connectivity index (χ1v) is 5.62. The minimum Gasteiger partial charge on any atom is -0.364 e. The number of aryl methyl sites for hydroxylation is 1. The number of hydrogen-bond donors (Lipinski definition) is 2. The summed E-state index contributed by atoms with van der Waals surface area (Å²) in [5.41, 5.74) is 3.31. The predicted octanol–water partition coefficient (Wildman–Crippen LogP) is 2.51. The van der Waals surface area contributed by atoms with E-state index < -0.39 is 0 Å². The Kier molecular flexibility index (Phi) is 2.33. The SMILES string of the molecule is Cn1c(NCc2ccc[nH]2)nc2ccccc21. The summed E-state index contributed by atoms with van der Waals surface area (Å²) >= 11 is 0. The van der Waals surface area contributed by atoms with E-state index in [1.54, 1.807) is 0 Å². The van der Waals surface area contributed by atoms with E-state index in [0.717, 1.165) is 29.2 Å². The van der Waals surface area contributed by atoms with E-state index in [1.165, 1.54) is 0 Å². The number of rotatable bonds is 3. The summed E-state index contributed by atoms with van der Waals surface area (Å²) in [4.78, 5) is 7.71. The number of imidazole rings is 1. The van der Waals surface area contributed by atoms with Crippen molar-refractivity contribution in [2.24, 2.45) is 7.05 Å². The molecular formula is C13H14N4. The summed E-state index contributed by atoms with van der Waals surface area (Å²) < 4.78 is 2.07. The number of aromatic amines is 1. The molecular weight excluding hydrogens is 212 g/mol. The second-order valence-electron chi connectivity index (χ2n) is 4.03. The maximum Gasteiger partial charge on any atom is 0.203 e. The van der Waals surface area contributed by atoms with Crippen molar-refractivity contribution < 1.29 is 0 Å². The third-order valence-corrected chi connectivity index (χ3v) is 2.89. The van der Waals surface area contributed by atoms with Crippen molar-refractivity contribution in [2.45, 2.75) is 6.54 Å². The van der Waals surface area contributed by atoms with Crippen LogP contribution in [-0.2, 0) is 13.6 Å². The highest BCUT2D eigenvalue weighted by Gasteiger charge is 2.05. The van der Waals surface area contributed by atoms with E-state index >= 15 is 0 Å². The highest BCUT2D eigenvalue weighted by atomic mass is 15.2. The molecule has 0 spiro atoms. The molecule has 2 aromatic heterocycles. The van der Waals surface area contributed by atoms with Crippen LogP contribution in [0.3, 0.4) is 0 Å². The van der Waals surface area contributed by atoms with Gasteiger partial charge in [-0.05, 0) is 24.3 Å². The van der Waals surface area contributed by atoms with E-state index in [1.807, 2.05) is 37.5 Å². The molecule has 0 saturated carbocycles. The maximum atomic E-state index is 4.55. The molecule has 2 heterocycles. The normalized spacial score (nSPS) is 10.9. The fourth-order valence-electron chi connectivity index (χ4n) is 1.96. The Labute approximate surface area is 99.3 Å². The number of H-pyrrole nitrogens is 1. The van der Waals surface area contributed by atoms with Gasteiger partial charge in [0, 0.05) is 18.9 Å². The number of aromatic nitrogens is 3. The van der Waals surface area contributed by atoms with Gasteiger partial charge in [-0.3, -0.25) is 0 Å². The fourth-order valence-corrected chi connectivity index (χ4v) is 1.96. The Morgan fingerprint density at radius 3 is 2.88 bits per heavy atom. The number of para-hydroxylation sites is 2. The molecule has 2 N–H and O–H groups in total. The van der Waals surface area contributed by atoms with Crippen molar-refractivity contribution >= 4 is 17.0 Å². The molecule has 0 aliphatic carbocycles. The van der Waals surface area contributed by atoms with Crippen LogP contribution in [0.4, 0.5) is 5.95 Å². The van der Waals surface area contributed by atoms with Crippen molar-refractivity contribution in [3.8, 4) is 0 Å². The Bertz CT molecular complexity index is 622. The highest BCUT2D eigenvalue weighted by Crippen LogP contribution is 2.17. The molecule has 4 nitrogen and oxygen atoms in total. The number of nitrogens with zero attached hydrogens (tertiary/aromatic N) is 2. The van der Waals surface area contributed by atoms with Gasteiger partial charge in [-0.1, -0.05) is 12.1 Å². The Morgan fingerprint density at radius 2 is 2.12 bits per heavy atom. The van der Waals surface area contributed by atoms with Gasteiger partial charge in [0.25, 0.3) is 0 Å². The molecule has 0 radical (unpaired) electrons. The second kappa shape index (κ2) is 3.97. The van der Waals surface area contributed by atoms with Gasteiger partial charge in [0.05, 0.1) is 17.6 Å². The highest BCUT2D eigenvalue weighted by molar-refractivity contribution is 5.78. The molecule has 0 saturated heterocycles. The quantitative estimate of drug-likeness (QED) is 0.720. The molecule has 3 rings (SSSR count). The molecule has 0 fully saturated rings. The van der Waals surface area contributed by atoms with Gasteiger partial charge in [0.1, 0.15) is 0 Å². The molecule has 0 unspecified atom stereocenters. The molecule has 0 amide bonds. The van der Waals surface area contributed by atoms with Crippen molar-refractivity contribution in [1.29, 1.82) is 0 Å². The average molecular weight is 226 g/mol. The summed E-state index contributed by atoms with van der Waals surface area (Å²) in [6, 6.07) is 12.2. The fraction of sp³-hybridized carbons (Fsp3) is 0.154. The Morgan fingerprint density at radius 1 is 1.24 bits per heavy atom. The van der Waals surface area contributed by atoms with Crippen molar-refractivity contribution in [1.82, 2.24) is 14.5 Å². The van der Waals surface area contributed by atoms with Gasteiger partial charge in [-0.15, -0.1) is 0 Å². The molecule has 17 heavy (non-hydrogen) atoms. The van der Waals surface area contributed by atoms with E-state index in [9.17, 15) is 0 Å². The average Bonchev–Trinajstić information content (AvgIpc) is 2.96.